The second-order valence-corrected chi connectivity index (χ2v) is 4.63. The van der Waals surface area contributed by atoms with Crippen LogP contribution in [0.1, 0.15) is 44.9 Å². The molecule has 1 aliphatic rings. The van der Waals surface area contributed by atoms with Crippen LogP contribution in [-0.4, -0.2) is 41.6 Å². The average molecular weight is 242 g/mol. The van der Waals surface area contributed by atoms with E-state index in [4.69, 9.17) is 5.11 Å². The molecule has 5 nitrogen and oxygen atoms in total. The monoisotopic (exact) mass is 242 g/mol. The summed E-state index contributed by atoms with van der Waals surface area (Å²) in [6, 6.07) is 0.462. The van der Waals surface area contributed by atoms with Crippen LogP contribution in [0.15, 0.2) is 0 Å². The van der Waals surface area contributed by atoms with Crippen LogP contribution in [0.25, 0.3) is 0 Å². The van der Waals surface area contributed by atoms with Crippen molar-refractivity contribution in [3.05, 3.63) is 0 Å². The fraction of sp³-hybridized carbons (Fsp3) is 0.833. The molecule has 0 unspecified atom stereocenters. The van der Waals surface area contributed by atoms with E-state index in [0.717, 1.165) is 38.5 Å². The number of amides is 2. The standard InChI is InChI=1S/C12H22N2O3/c1-14(10-7-8-10)12(17)13-9-5-3-2-4-6-11(15)16/h10H,2-9H2,1H3,(H,13,17)(H,15,16). The van der Waals surface area contributed by atoms with Crippen molar-refractivity contribution in [2.24, 2.45) is 0 Å². The number of nitrogens with one attached hydrogen (secondary N) is 1. The van der Waals surface area contributed by atoms with E-state index in [0.29, 0.717) is 12.6 Å². The first kappa shape index (κ1) is 13.8. The van der Waals surface area contributed by atoms with E-state index in [1.54, 1.807) is 4.90 Å². The number of nitrogens with zero attached hydrogens (tertiary/aromatic N) is 1. The van der Waals surface area contributed by atoms with E-state index in [1.165, 1.54) is 0 Å². The second kappa shape index (κ2) is 7.14. The zero-order valence-electron chi connectivity index (χ0n) is 10.4. The molecular weight excluding hydrogens is 220 g/mol. The molecule has 0 bridgehead atoms. The number of carbonyl (C=O) groups excluding carboxylic acids is 1. The maximum Gasteiger partial charge on any atom is 0.317 e. The average Bonchev–Trinajstić information content (AvgIpc) is 3.09. The van der Waals surface area contributed by atoms with Crippen molar-refractivity contribution >= 4 is 12.0 Å². The molecule has 0 heterocycles. The number of unbranched alkanes of at least 4 members (excludes halogenated alkanes) is 3. The van der Waals surface area contributed by atoms with Crippen molar-refractivity contribution in [3.63, 3.8) is 0 Å². The Labute approximate surface area is 102 Å². The molecule has 0 aromatic rings. The maximum absolute atomic E-state index is 11.5. The third kappa shape index (κ3) is 6.14. The van der Waals surface area contributed by atoms with Crippen LogP contribution in [0.5, 0.6) is 0 Å². The first-order valence-corrected chi connectivity index (χ1v) is 6.33. The van der Waals surface area contributed by atoms with Crippen LogP contribution in [0.2, 0.25) is 0 Å². The molecule has 1 fully saturated rings. The Hall–Kier alpha value is -1.26. The lowest BCUT2D eigenvalue weighted by Gasteiger charge is -2.16. The minimum atomic E-state index is -0.732. The lowest BCUT2D eigenvalue weighted by atomic mass is 10.1. The molecular formula is C12H22N2O3. The molecule has 1 aliphatic carbocycles. The van der Waals surface area contributed by atoms with Crippen LogP contribution < -0.4 is 5.32 Å². The number of carboxylic acid groups (broad SMARTS) is 1. The van der Waals surface area contributed by atoms with Gasteiger partial charge in [-0.2, -0.15) is 0 Å². The highest BCUT2D eigenvalue weighted by atomic mass is 16.4. The number of carboxylic acids is 1. The summed E-state index contributed by atoms with van der Waals surface area (Å²) in [6.45, 7) is 0.683. The van der Waals surface area contributed by atoms with Gasteiger partial charge in [0.1, 0.15) is 0 Å². The van der Waals surface area contributed by atoms with E-state index in [-0.39, 0.29) is 12.5 Å². The van der Waals surface area contributed by atoms with Crippen molar-refractivity contribution in [1.82, 2.24) is 10.2 Å². The molecule has 0 aromatic heterocycles. The van der Waals surface area contributed by atoms with Gasteiger partial charge in [-0.1, -0.05) is 12.8 Å². The molecule has 2 N–H and O–H groups in total. The number of carbonyl (C=O) groups is 2. The molecule has 0 aromatic carbocycles. The van der Waals surface area contributed by atoms with Crippen LogP contribution in [0, 0.1) is 0 Å². The van der Waals surface area contributed by atoms with Crippen LogP contribution in [0.4, 0.5) is 4.79 Å². The molecule has 0 atom stereocenters. The van der Waals surface area contributed by atoms with Crippen molar-refractivity contribution in [2.75, 3.05) is 13.6 Å². The van der Waals surface area contributed by atoms with Gasteiger partial charge < -0.3 is 15.3 Å². The Kier molecular flexibility index (Phi) is 5.80. The summed E-state index contributed by atoms with van der Waals surface area (Å²) in [5, 5.41) is 11.3. The number of urea groups is 1. The molecule has 0 radical (unpaired) electrons. The van der Waals surface area contributed by atoms with E-state index in [1.807, 2.05) is 7.05 Å². The highest BCUT2D eigenvalue weighted by Gasteiger charge is 2.29. The fourth-order valence-corrected chi connectivity index (χ4v) is 1.70. The fourth-order valence-electron chi connectivity index (χ4n) is 1.70. The van der Waals surface area contributed by atoms with Crippen LogP contribution in [-0.2, 0) is 4.79 Å². The van der Waals surface area contributed by atoms with Gasteiger partial charge in [0.05, 0.1) is 0 Å². The molecule has 1 saturated carbocycles. The van der Waals surface area contributed by atoms with Crippen molar-refractivity contribution < 1.29 is 14.7 Å². The van der Waals surface area contributed by atoms with Gasteiger partial charge in [0.15, 0.2) is 0 Å². The SMILES string of the molecule is CN(C(=O)NCCCCCCC(=O)O)C1CC1. The van der Waals surface area contributed by atoms with Gasteiger partial charge in [-0.05, 0) is 25.7 Å². The minimum Gasteiger partial charge on any atom is -0.481 e. The maximum atomic E-state index is 11.5. The third-order valence-corrected chi connectivity index (χ3v) is 3.01. The summed E-state index contributed by atoms with van der Waals surface area (Å²) in [5.41, 5.74) is 0. The molecule has 0 spiro atoms. The first-order valence-electron chi connectivity index (χ1n) is 6.33. The molecule has 17 heavy (non-hydrogen) atoms. The van der Waals surface area contributed by atoms with Gasteiger partial charge in [0, 0.05) is 26.1 Å². The largest absolute Gasteiger partial charge is 0.481 e. The summed E-state index contributed by atoms with van der Waals surface area (Å²) in [4.78, 5) is 23.6. The lowest BCUT2D eigenvalue weighted by molar-refractivity contribution is -0.137. The summed E-state index contributed by atoms with van der Waals surface area (Å²) < 4.78 is 0. The highest BCUT2D eigenvalue weighted by Crippen LogP contribution is 2.25. The molecule has 0 saturated heterocycles. The second-order valence-electron chi connectivity index (χ2n) is 4.63. The van der Waals surface area contributed by atoms with E-state index < -0.39 is 5.97 Å². The van der Waals surface area contributed by atoms with Crippen LogP contribution >= 0.6 is 0 Å². The summed E-state index contributed by atoms with van der Waals surface area (Å²) in [7, 11) is 1.83. The Bertz CT molecular complexity index is 264. The van der Waals surface area contributed by atoms with Crippen molar-refractivity contribution in [2.45, 2.75) is 51.0 Å². The van der Waals surface area contributed by atoms with Gasteiger partial charge in [0.25, 0.3) is 0 Å². The molecule has 1 rings (SSSR count). The number of aliphatic carboxylic acids is 1. The minimum absolute atomic E-state index is 0.0121. The molecule has 98 valence electrons. The number of rotatable bonds is 8. The summed E-state index contributed by atoms with van der Waals surface area (Å²) in [6.07, 6.45) is 6.03. The zero-order chi connectivity index (χ0) is 12.7. The Morgan fingerprint density at radius 2 is 1.88 bits per heavy atom. The van der Waals surface area contributed by atoms with E-state index in [2.05, 4.69) is 5.32 Å². The van der Waals surface area contributed by atoms with Gasteiger partial charge in [-0.3, -0.25) is 4.79 Å². The Morgan fingerprint density at radius 1 is 1.24 bits per heavy atom. The van der Waals surface area contributed by atoms with Gasteiger partial charge >= 0.3 is 12.0 Å². The smallest absolute Gasteiger partial charge is 0.317 e. The summed E-state index contributed by atoms with van der Waals surface area (Å²) in [5.74, 6) is -0.732. The highest BCUT2D eigenvalue weighted by molar-refractivity contribution is 5.74. The zero-order valence-corrected chi connectivity index (χ0v) is 10.4. The Balaban J connectivity index is 1.89. The van der Waals surface area contributed by atoms with E-state index >= 15 is 0 Å². The number of hydrogen-bond acceptors (Lipinski definition) is 2. The summed E-state index contributed by atoms with van der Waals surface area (Å²) >= 11 is 0. The van der Waals surface area contributed by atoms with Gasteiger partial charge in [-0.15, -0.1) is 0 Å². The molecule has 2 amide bonds. The topological polar surface area (TPSA) is 69.6 Å². The normalized spacial score (nSPS) is 14.4. The van der Waals surface area contributed by atoms with Gasteiger partial charge in [0.2, 0.25) is 0 Å². The lowest BCUT2D eigenvalue weighted by Crippen LogP contribution is -2.38. The first-order chi connectivity index (χ1) is 8.11. The van der Waals surface area contributed by atoms with E-state index in [9.17, 15) is 9.59 Å². The van der Waals surface area contributed by atoms with Gasteiger partial charge in [-0.25, -0.2) is 4.79 Å². The predicted octanol–water partition coefficient (Wildman–Crippen LogP) is 1.83. The Morgan fingerprint density at radius 3 is 2.47 bits per heavy atom. The van der Waals surface area contributed by atoms with Crippen molar-refractivity contribution in [3.8, 4) is 0 Å². The van der Waals surface area contributed by atoms with Crippen molar-refractivity contribution in [1.29, 1.82) is 0 Å². The third-order valence-electron chi connectivity index (χ3n) is 3.01. The number of hydrogen-bond donors (Lipinski definition) is 2. The van der Waals surface area contributed by atoms with Crippen LogP contribution in [0.3, 0.4) is 0 Å². The predicted molar refractivity (Wildman–Crippen MR) is 64.9 cm³/mol. The quantitative estimate of drug-likeness (QED) is 0.638. The molecule has 5 heteroatoms. The molecule has 0 aliphatic heterocycles.